The van der Waals surface area contributed by atoms with Crippen molar-refractivity contribution in [1.82, 2.24) is 0 Å². The van der Waals surface area contributed by atoms with Crippen molar-refractivity contribution in [3.8, 4) is 6.07 Å². The van der Waals surface area contributed by atoms with Gasteiger partial charge in [-0.2, -0.15) is 14.0 Å². The molecule has 0 atom stereocenters. The Hall–Kier alpha value is -1.84. The van der Waals surface area contributed by atoms with Gasteiger partial charge in [-0.15, -0.1) is 0 Å². The Balaban J connectivity index is 2.74. The summed E-state index contributed by atoms with van der Waals surface area (Å²) in [4.78, 5) is 0. The number of alkyl halides is 4. The van der Waals surface area contributed by atoms with Gasteiger partial charge >= 0.3 is 12.3 Å². The second-order valence-corrected chi connectivity index (χ2v) is 3.22. The number of nitriles is 1. The molecule has 0 aliphatic heterocycles. The number of benzene rings is 1. The minimum Gasteiger partial charge on any atom is -0.376 e. The molecule has 0 spiro atoms. The molecule has 0 amide bonds. The van der Waals surface area contributed by atoms with E-state index in [1.165, 1.54) is 6.07 Å². The lowest BCUT2D eigenvalue weighted by Gasteiger charge is -2.16. The lowest BCUT2D eigenvalue weighted by atomic mass is 10.2. The number of rotatable bonds is 4. The van der Waals surface area contributed by atoms with Crippen LogP contribution in [0.15, 0.2) is 18.2 Å². The van der Waals surface area contributed by atoms with Crippen LogP contribution in [-0.4, -0.2) is 18.9 Å². The molecule has 0 aliphatic carbocycles. The van der Waals surface area contributed by atoms with Crippen LogP contribution in [0.4, 0.5) is 27.6 Å². The van der Waals surface area contributed by atoms with Gasteiger partial charge in [-0.3, -0.25) is 0 Å². The zero-order chi connectivity index (χ0) is 13.1. The molecule has 0 bridgehead atoms. The smallest absolute Gasteiger partial charge is 0.324 e. The first-order chi connectivity index (χ1) is 7.86. The number of nitrogens with zero attached hydrogens (tertiary/aromatic N) is 1. The number of anilines is 1. The fourth-order valence-electron chi connectivity index (χ4n) is 1.02. The molecule has 1 aromatic carbocycles. The standard InChI is InChI=1S/C10H7F5N2/c11-7-3-6(4-16)1-2-8(7)17-5-10(14,15)9(12)13/h1-3,9,17H,5H2. The second kappa shape index (κ2) is 4.99. The normalized spacial score (nSPS) is 11.4. The van der Waals surface area contributed by atoms with Crippen molar-refractivity contribution in [3.05, 3.63) is 29.6 Å². The second-order valence-electron chi connectivity index (χ2n) is 3.22. The summed E-state index contributed by atoms with van der Waals surface area (Å²) in [5.41, 5.74) is -0.349. The van der Waals surface area contributed by atoms with E-state index in [2.05, 4.69) is 0 Å². The monoisotopic (exact) mass is 250 g/mol. The van der Waals surface area contributed by atoms with E-state index in [0.29, 0.717) is 0 Å². The van der Waals surface area contributed by atoms with Crippen LogP contribution in [-0.2, 0) is 0 Å². The van der Waals surface area contributed by atoms with Gasteiger partial charge in [-0.05, 0) is 18.2 Å². The number of halogens is 5. The summed E-state index contributed by atoms with van der Waals surface area (Å²) in [6.45, 7) is -1.38. The maximum Gasteiger partial charge on any atom is 0.324 e. The van der Waals surface area contributed by atoms with Gasteiger partial charge in [0.25, 0.3) is 0 Å². The van der Waals surface area contributed by atoms with E-state index in [1.807, 2.05) is 5.32 Å². The summed E-state index contributed by atoms with van der Waals surface area (Å²) in [6.07, 6.45) is -3.82. The molecule has 0 saturated carbocycles. The van der Waals surface area contributed by atoms with Gasteiger partial charge in [-0.25, -0.2) is 13.2 Å². The van der Waals surface area contributed by atoms with E-state index in [1.54, 1.807) is 6.07 Å². The van der Waals surface area contributed by atoms with Crippen LogP contribution in [0, 0.1) is 17.1 Å². The summed E-state index contributed by atoms with van der Waals surface area (Å²) in [5.74, 6) is -5.19. The highest BCUT2D eigenvalue weighted by Crippen LogP contribution is 2.24. The minimum atomic E-state index is -4.24. The molecule has 0 radical (unpaired) electrons. The number of hydrogen-bond donors (Lipinski definition) is 1. The van der Waals surface area contributed by atoms with Gasteiger partial charge in [0, 0.05) is 0 Å². The molecule has 1 rings (SSSR count). The quantitative estimate of drug-likeness (QED) is 0.834. The first-order valence-electron chi connectivity index (χ1n) is 4.46. The maximum absolute atomic E-state index is 13.2. The molecule has 92 valence electrons. The fourth-order valence-corrected chi connectivity index (χ4v) is 1.02. The molecule has 0 fully saturated rings. The summed E-state index contributed by atoms with van der Waals surface area (Å²) in [5, 5.41) is 10.3. The largest absolute Gasteiger partial charge is 0.376 e. The first-order valence-corrected chi connectivity index (χ1v) is 4.46. The van der Waals surface area contributed by atoms with Crippen molar-refractivity contribution in [2.24, 2.45) is 0 Å². The molecule has 0 unspecified atom stereocenters. The Morgan fingerprint density at radius 2 is 2.00 bits per heavy atom. The topological polar surface area (TPSA) is 35.8 Å². The maximum atomic E-state index is 13.2. The zero-order valence-corrected chi connectivity index (χ0v) is 8.35. The Labute approximate surface area is 93.7 Å². The van der Waals surface area contributed by atoms with Crippen LogP contribution >= 0.6 is 0 Å². The highest BCUT2D eigenvalue weighted by molar-refractivity contribution is 5.48. The molecule has 0 heterocycles. The summed E-state index contributed by atoms with van der Waals surface area (Å²) in [7, 11) is 0. The first kappa shape index (κ1) is 13.2. The fraction of sp³-hybridized carbons (Fsp3) is 0.300. The lowest BCUT2D eigenvalue weighted by molar-refractivity contribution is -0.117. The molecular weight excluding hydrogens is 243 g/mol. The van der Waals surface area contributed by atoms with Gasteiger partial charge in [-0.1, -0.05) is 0 Å². The Kier molecular flexibility index (Phi) is 3.89. The van der Waals surface area contributed by atoms with Crippen molar-refractivity contribution < 1.29 is 22.0 Å². The molecule has 1 aromatic rings. The molecule has 17 heavy (non-hydrogen) atoms. The van der Waals surface area contributed by atoms with Crippen LogP contribution in [0.2, 0.25) is 0 Å². The highest BCUT2D eigenvalue weighted by Gasteiger charge is 2.40. The van der Waals surface area contributed by atoms with Crippen LogP contribution in [0.1, 0.15) is 5.56 Å². The van der Waals surface area contributed by atoms with Crippen molar-refractivity contribution in [2.75, 3.05) is 11.9 Å². The molecule has 0 aromatic heterocycles. The van der Waals surface area contributed by atoms with Crippen molar-refractivity contribution in [1.29, 1.82) is 5.26 Å². The molecule has 0 aliphatic rings. The van der Waals surface area contributed by atoms with Gasteiger partial charge < -0.3 is 5.32 Å². The van der Waals surface area contributed by atoms with E-state index < -0.39 is 24.7 Å². The lowest BCUT2D eigenvalue weighted by Crippen LogP contribution is -2.35. The van der Waals surface area contributed by atoms with Crippen molar-refractivity contribution >= 4 is 5.69 Å². The average molecular weight is 250 g/mol. The molecule has 0 saturated heterocycles. The number of nitrogens with one attached hydrogen (secondary N) is 1. The molecule has 7 heteroatoms. The summed E-state index contributed by atoms with van der Waals surface area (Å²) >= 11 is 0. The van der Waals surface area contributed by atoms with E-state index in [9.17, 15) is 22.0 Å². The third-order valence-electron chi connectivity index (χ3n) is 1.93. The Bertz CT molecular complexity index is 439. The molecule has 2 nitrogen and oxygen atoms in total. The third kappa shape index (κ3) is 3.31. The van der Waals surface area contributed by atoms with Crippen molar-refractivity contribution in [2.45, 2.75) is 12.3 Å². The van der Waals surface area contributed by atoms with Crippen LogP contribution in [0.25, 0.3) is 0 Å². The van der Waals surface area contributed by atoms with Gasteiger partial charge in [0.15, 0.2) is 0 Å². The van der Waals surface area contributed by atoms with Gasteiger partial charge in [0.2, 0.25) is 0 Å². The predicted octanol–water partition coefficient (Wildman–Crippen LogP) is 3.01. The molecular formula is C10H7F5N2. The van der Waals surface area contributed by atoms with E-state index >= 15 is 0 Å². The Morgan fingerprint density at radius 1 is 1.35 bits per heavy atom. The van der Waals surface area contributed by atoms with E-state index in [-0.39, 0.29) is 11.3 Å². The van der Waals surface area contributed by atoms with E-state index in [0.717, 1.165) is 12.1 Å². The van der Waals surface area contributed by atoms with Gasteiger partial charge in [0.05, 0.1) is 23.9 Å². The summed E-state index contributed by atoms with van der Waals surface area (Å²) < 4.78 is 61.8. The SMILES string of the molecule is N#Cc1ccc(NCC(F)(F)C(F)F)c(F)c1. The number of hydrogen-bond acceptors (Lipinski definition) is 2. The minimum absolute atomic E-state index is 0.00803. The average Bonchev–Trinajstić information content (AvgIpc) is 2.27. The highest BCUT2D eigenvalue weighted by atomic mass is 19.3. The van der Waals surface area contributed by atoms with E-state index in [4.69, 9.17) is 5.26 Å². The summed E-state index contributed by atoms with van der Waals surface area (Å²) in [6, 6.07) is 4.70. The van der Waals surface area contributed by atoms with Crippen molar-refractivity contribution in [3.63, 3.8) is 0 Å². The van der Waals surface area contributed by atoms with Crippen LogP contribution in [0.5, 0.6) is 0 Å². The van der Waals surface area contributed by atoms with Crippen LogP contribution < -0.4 is 5.32 Å². The van der Waals surface area contributed by atoms with Crippen LogP contribution in [0.3, 0.4) is 0 Å². The Morgan fingerprint density at radius 3 is 2.47 bits per heavy atom. The predicted molar refractivity (Wildman–Crippen MR) is 50.6 cm³/mol. The molecule has 1 N–H and O–H groups in total. The van der Waals surface area contributed by atoms with Gasteiger partial charge in [0.1, 0.15) is 5.82 Å². The zero-order valence-electron chi connectivity index (χ0n) is 8.35. The third-order valence-corrected chi connectivity index (χ3v) is 1.93.